The standard InChI is InChI=1S/C23H26N4O2.C15H20N4.C12H16N2O2.C11H11ClN2.3C2H6.3CH4/c28-23(29-18-21-9-5-2-6-10-21)26-13-11-25(12-14-26)17-22-15-24-19-27(22)16-20-7-3-1-4-8-20;1-2-4-14(5-3-1)11-19-13-17-10-15(19)12-18-8-6-16-7-9-18;15-12(14-8-6-13-7-9-14)16-10-11-4-2-1-3-5-11;12-6-11-7-13-9-14(11)8-10-4-2-1-3-5-10;3*1-2;;;/h1-10,15,19H,11-14,16-18H2;1-5,10,13,16H,6-9,11-12H2;1-5,13H,6-10H2;1-5,7,9H,6,8H2;3*1-2H3;3*1H4. The van der Waals surface area contributed by atoms with Gasteiger partial charge in [-0.1, -0.05) is 215 Å². The molecule has 16 nitrogen and oxygen atoms in total. The minimum absolute atomic E-state index is 0. The van der Waals surface area contributed by atoms with Crippen molar-refractivity contribution in [1.82, 2.24) is 58.9 Å². The fourth-order valence-electron chi connectivity index (χ4n) is 9.07. The van der Waals surface area contributed by atoms with E-state index in [1.807, 2.05) is 158 Å². The second-order valence-electron chi connectivity index (χ2n) is 19.2. The van der Waals surface area contributed by atoms with Crippen molar-refractivity contribution < 1.29 is 19.1 Å². The molecule has 3 saturated heterocycles. The van der Waals surface area contributed by atoms with E-state index in [0.29, 0.717) is 32.2 Å². The molecule has 0 atom stereocenters. The molecule has 5 aromatic carbocycles. The molecule has 3 aliphatic rings. The molecule has 87 heavy (non-hydrogen) atoms. The summed E-state index contributed by atoms with van der Waals surface area (Å²) in [5.41, 5.74) is 9.41. The third-order valence-electron chi connectivity index (χ3n) is 13.5. The SMILES string of the molecule is C.C.C.CC.CC.CC.ClCc1cncn1Cc1ccccc1.O=C(OCc1ccccc1)N1CCN(Cc2cncn2Cc2ccccc2)CC1.O=C(OCc1ccccc1)N1CCNCC1.c1ccc(Cn2cncc2CN2CCNCC2)cc1. The average Bonchev–Trinajstić information content (AvgIpc) is 4.47. The van der Waals surface area contributed by atoms with Gasteiger partial charge in [-0.3, -0.25) is 9.80 Å². The minimum Gasteiger partial charge on any atom is -0.445 e. The lowest BCUT2D eigenvalue weighted by atomic mass is 10.2. The number of imidazole rings is 3. The van der Waals surface area contributed by atoms with Crippen LogP contribution in [0.25, 0.3) is 0 Å². The Kier molecular flexibility index (Phi) is 39.6. The number of benzene rings is 5. The summed E-state index contributed by atoms with van der Waals surface area (Å²) >= 11 is 5.78. The molecule has 0 radical (unpaired) electrons. The van der Waals surface area contributed by atoms with E-state index in [9.17, 15) is 9.59 Å². The van der Waals surface area contributed by atoms with Crippen LogP contribution < -0.4 is 10.6 Å². The molecule has 0 spiro atoms. The molecule has 3 aromatic heterocycles. The van der Waals surface area contributed by atoms with Crippen molar-refractivity contribution >= 4 is 23.8 Å². The van der Waals surface area contributed by atoms with Gasteiger partial charge in [0.2, 0.25) is 0 Å². The Labute approximate surface area is 527 Å². The number of amides is 2. The zero-order valence-electron chi connectivity index (χ0n) is 50.5. The van der Waals surface area contributed by atoms with Crippen LogP contribution in [0.15, 0.2) is 189 Å². The van der Waals surface area contributed by atoms with Crippen LogP contribution in [0.3, 0.4) is 0 Å². The first kappa shape index (κ1) is 75.5. The van der Waals surface area contributed by atoms with Crippen molar-refractivity contribution in [2.75, 3.05) is 78.5 Å². The molecule has 17 heteroatoms. The number of piperazine rings is 3. The van der Waals surface area contributed by atoms with Crippen LogP contribution in [0.1, 0.15) is 109 Å². The molecule has 2 amide bonds. The van der Waals surface area contributed by atoms with E-state index >= 15 is 0 Å². The number of halogens is 1. The first-order valence-corrected chi connectivity index (χ1v) is 30.4. The summed E-state index contributed by atoms with van der Waals surface area (Å²) in [7, 11) is 0. The van der Waals surface area contributed by atoms with Crippen molar-refractivity contribution in [3.05, 3.63) is 234 Å². The molecule has 3 fully saturated rings. The van der Waals surface area contributed by atoms with E-state index in [1.165, 1.54) is 28.1 Å². The fraction of sp³-hybridized carbons (Fsp3) is 0.414. The third-order valence-corrected chi connectivity index (χ3v) is 13.8. The first-order chi connectivity index (χ1) is 41.5. The van der Waals surface area contributed by atoms with Crippen LogP contribution in [0.5, 0.6) is 0 Å². The summed E-state index contributed by atoms with van der Waals surface area (Å²) in [5, 5.41) is 6.58. The van der Waals surface area contributed by atoms with E-state index in [2.05, 4.69) is 116 Å². The summed E-state index contributed by atoms with van der Waals surface area (Å²) < 4.78 is 17.2. The maximum atomic E-state index is 12.3. The molecule has 2 N–H and O–H groups in total. The van der Waals surface area contributed by atoms with Gasteiger partial charge in [0, 0.05) is 130 Å². The number of carbonyl (C=O) groups is 2. The third kappa shape index (κ3) is 27.8. The number of hydrogen-bond donors (Lipinski definition) is 2. The quantitative estimate of drug-likeness (QED) is 0.0947. The zero-order chi connectivity index (χ0) is 59.8. The molecule has 474 valence electrons. The first-order valence-electron chi connectivity index (χ1n) is 29.9. The second kappa shape index (κ2) is 45.7. The lowest BCUT2D eigenvalue weighted by Crippen LogP contribution is -2.48. The van der Waals surface area contributed by atoms with Crippen LogP contribution in [0.4, 0.5) is 9.59 Å². The summed E-state index contributed by atoms with van der Waals surface area (Å²) in [6.07, 6.45) is 10.9. The summed E-state index contributed by atoms with van der Waals surface area (Å²) in [4.78, 5) is 45.0. The van der Waals surface area contributed by atoms with Gasteiger partial charge in [-0.2, -0.15) is 0 Å². The predicted octanol–water partition coefficient (Wildman–Crippen LogP) is 13.6. The van der Waals surface area contributed by atoms with Crippen LogP contribution in [0, 0.1) is 0 Å². The minimum atomic E-state index is -0.234. The van der Waals surface area contributed by atoms with Gasteiger partial charge >= 0.3 is 12.2 Å². The number of carbonyl (C=O) groups excluding carboxylic acids is 2. The molecular formula is C70H103ClN12O4. The monoisotopic (exact) mass is 1210 g/mol. The van der Waals surface area contributed by atoms with Crippen molar-refractivity contribution in [3.63, 3.8) is 0 Å². The number of alkyl halides is 1. The number of aromatic nitrogens is 6. The number of nitrogens with one attached hydrogen (secondary N) is 2. The zero-order valence-corrected chi connectivity index (χ0v) is 51.3. The molecule has 11 rings (SSSR count). The Bertz CT molecular complexity index is 2910. The smallest absolute Gasteiger partial charge is 0.410 e. The van der Waals surface area contributed by atoms with Gasteiger partial charge in [-0.15, -0.1) is 11.6 Å². The van der Waals surface area contributed by atoms with Gasteiger partial charge in [0.15, 0.2) is 0 Å². The molecular weight excluding hydrogens is 1110 g/mol. The van der Waals surface area contributed by atoms with Gasteiger partial charge < -0.3 is 43.6 Å². The lowest BCUT2D eigenvalue weighted by Gasteiger charge is -2.34. The topological polar surface area (TPSA) is 143 Å². The Balaban J connectivity index is 0.000000393. The highest BCUT2D eigenvalue weighted by Crippen LogP contribution is 2.14. The predicted molar refractivity (Wildman–Crippen MR) is 360 cm³/mol. The molecule has 0 bridgehead atoms. The molecule has 0 aliphatic carbocycles. The van der Waals surface area contributed by atoms with E-state index in [-0.39, 0.29) is 34.5 Å². The normalized spacial score (nSPS) is 13.3. The average molecular weight is 1210 g/mol. The highest BCUT2D eigenvalue weighted by molar-refractivity contribution is 6.16. The summed E-state index contributed by atoms with van der Waals surface area (Å²) in [6, 6.07) is 50.7. The van der Waals surface area contributed by atoms with Crippen molar-refractivity contribution in [2.45, 2.75) is 116 Å². The second-order valence-corrected chi connectivity index (χ2v) is 19.5. The van der Waals surface area contributed by atoms with Crippen molar-refractivity contribution in [1.29, 1.82) is 0 Å². The van der Waals surface area contributed by atoms with Gasteiger partial charge in [-0.25, -0.2) is 24.5 Å². The van der Waals surface area contributed by atoms with Gasteiger partial charge in [0.05, 0.1) is 41.9 Å². The van der Waals surface area contributed by atoms with Crippen LogP contribution in [0.2, 0.25) is 0 Å². The number of ether oxygens (including phenoxy) is 2. The Morgan fingerprint density at radius 1 is 0.391 bits per heavy atom. The van der Waals surface area contributed by atoms with E-state index in [0.717, 1.165) is 115 Å². The highest BCUT2D eigenvalue weighted by Gasteiger charge is 2.23. The molecule has 8 aromatic rings. The van der Waals surface area contributed by atoms with Gasteiger partial charge in [-0.05, 0) is 27.8 Å². The van der Waals surface area contributed by atoms with E-state index < -0.39 is 0 Å². The molecule has 0 saturated carbocycles. The van der Waals surface area contributed by atoms with Crippen LogP contribution in [-0.4, -0.2) is 139 Å². The van der Waals surface area contributed by atoms with Crippen molar-refractivity contribution in [2.24, 2.45) is 0 Å². The molecule has 3 aliphatic heterocycles. The summed E-state index contributed by atoms with van der Waals surface area (Å²) in [6.45, 7) is 27.7. The largest absolute Gasteiger partial charge is 0.445 e. The van der Waals surface area contributed by atoms with Crippen molar-refractivity contribution in [3.8, 4) is 0 Å². The van der Waals surface area contributed by atoms with Gasteiger partial charge in [0.25, 0.3) is 0 Å². The van der Waals surface area contributed by atoms with Gasteiger partial charge in [0.1, 0.15) is 13.2 Å². The van der Waals surface area contributed by atoms with E-state index in [4.69, 9.17) is 21.1 Å². The number of hydrogen-bond acceptors (Lipinski definition) is 11. The lowest BCUT2D eigenvalue weighted by molar-refractivity contribution is 0.0695. The molecule has 6 heterocycles. The van der Waals surface area contributed by atoms with E-state index in [1.54, 1.807) is 16.0 Å². The van der Waals surface area contributed by atoms with Crippen LogP contribution >= 0.6 is 11.6 Å². The maximum absolute atomic E-state index is 12.3. The van der Waals surface area contributed by atoms with Crippen LogP contribution in [-0.2, 0) is 61.3 Å². The maximum Gasteiger partial charge on any atom is 0.410 e. The Hall–Kier alpha value is -7.60. The number of nitrogens with zero attached hydrogens (tertiary/aromatic N) is 10. The summed E-state index contributed by atoms with van der Waals surface area (Å²) in [5.74, 6) is 0.507. The highest BCUT2D eigenvalue weighted by atomic mass is 35.5. The molecule has 0 unspecified atom stereocenters. The Morgan fingerprint density at radius 2 is 0.678 bits per heavy atom. The fourth-order valence-corrected chi connectivity index (χ4v) is 9.29. The Morgan fingerprint density at radius 3 is 1.02 bits per heavy atom. The number of rotatable bonds is 15.